The second-order valence-electron chi connectivity index (χ2n) is 15.7. The zero-order valence-electron chi connectivity index (χ0n) is 36.5. The second-order valence-corrected chi connectivity index (χ2v) is 17.1. The van der Waals surface area contributed by atoms with Crippen molar-refractivity contribution in [3.8, 4) is 17.6 Å². The third-order valence-electron chi connectivity index (χ3n) is 11.0. The molecule has 2 unspecified atom stereocenters. The number of fused-ring (bicyclic) bond motifs is 1. The minimum absolute atomic E-state index is 0.0294. The van der Waals surface area contributed by atoms with E-state index in [1.54, 1.807) is 31.3 Å². The molecule has 3 heterocycles. The zero-order valence-corrected chi connectivity index (χ0v) is 37.4. The SMILES string of the molecule is COc1ccc(C(OC[C@H]2OC[C@@H](n3cnc4cnc(NCc5ccccc5)nc43)[C@@H](F)C2OP(OCCC#N)N(C(C)C)C(C)C)(c2ccccc2)c2ccc(OC)cc2)cc1. The summed E-state index contributed by atoms with van der Waals surface area (Å²) in [5, 5.41) is 12.7. The van der Waals surface area contributed by atoms with Gasteiger partial charge in [0.05, 0.1) is 65.1 Å². The van der Waals surface area contributed by atoms with Crippen molar-refractivity contribution in [1.82, 2.24) is 24.2 Å². The first-order chi connectivity index (χ1) is 30.7. The fourth-order valence-electron chi connectivity index (χ4n) is 7.95. The molecule has 0 saturated carbocycles. The van der Waals surface area contributed by atoms with Crippen LogP contribution in [0.2, 0.25) is 0 Å². The number of nitriles is 1. The number of nitrogens with one attached hydrogen (secondary N) is 1. The van der Waals surface area contributed by atoms with E-state index in [9.17, 15) is 5.26 Å². The first-order valence-corrected chi connectivity index (χ1v) is 22.3. The number of anilines is 1. The Hall–Kier alpha value is -5.52. The molecule has 1 aliphatic heterocycles. The minimum Gasteiger partial charge on any atom is -0.497 e. The van der Waals surface area contributed by atoms with Gasteiger partial charge in [0.1, 0.15) is 34.8 Å². The van der Waals surface area contributed by atoms with Crippen LogP contribution in [0, 0.1) is 11.3 Å². The fraction of sp³-hybridized carbons (Fsp3) is 0.375. The van der Waals surface area contributed by atoms with Gasteiger partial charge in [-0.25, -0.2) is 19.0 Å². The van der Waals surface area contributed by atoms with Crippen LogP contribution in [-0.4, -0.2) is 88.7 Å². The Morgan fingerprint density at radius 3 is 2.06 bits per heavy atom. The van der Waals surface area contributed by atoms with E-state index < -0.39 is 38.5 Å². The van der Waals surface area contributed by atoms with Crippen LogP contribution in [0.15, 0.2) is 122 Å². The van der Waals surface area contributed by atoms with Gasteiger partial charge >= 0.3 is 0 Å². The number of imidazole rings is 1. The second kappa shape index (κ2) is 21.2. The number of rotatable bonds is 20. The van der Waals surface area contributed by atoms with Crippen LogP contribution < -0.4 is 14.8 Å². The molecule has 13 nitrogen and oxygen atoms in total. The quantitative estimate of drug-likeness (QED) is 0.0444. The summed E-state index contributed by atoms with van der Waals surface area (Å²) in [7, 11) is 1.35. The molecule has 1 saturated heterocycles. The van der Waals surface area contributed by atoms with E-state index in [0.717, 1.165) is 22.3 Å². The molecule has 63 heavy (non-hydrogen) atoms. The lowest BCUT2D eigenvalue weighted by Gasteiger charge is -2.44. The number of halogens is 1. The third-order valence-corrected chi connectivity index (χ3v) is 13.1. The number of hydrogen-bond acceptors (Lipinski definition) is 12. The van der Waals surface area contributed by atoms with E-state index >= 15 is 4.39 Å². The Balaban J connectivity index is 1.28. The van der Waals surface area contributed by atoms with E-state index in [2.05, 4.69) is 26.0 Å². The average molecular weight is 876 g/mol. The molecule has 7 rings (SSSR count). The van der Waals surface area contributed by atoms with E-state index in [0.29, 0.717) is 35.2 Å². The van der Waals surface area contributed by atoms with Crippen LogP contribution in [0.5, 0.6) is 11.5 Å². The van der Waals surface area contributed by atoms with Crippen LogP contribution >= 0.6 is 8.53 Å². The Morgan fingerprint density at radius 2 is 1.48 bits per heavy atom. The largest absolute Gasteiger partial charge is 0.497 e. The number of aromatic nitrogens is 4. The van der Waals surface area contributed by atoms with Crippen molar-refractivity contribution in [1.29, 1.82) is 5.26 Å². The molecule has 0 spiro atoms. The van der Waals surface area contributed by atoms with E-state index in [4.69, 9.17) is 33.0 Å². The standard InChI is InChI=1S/C48H55FN7O6P/c1-33(2)56(34(3)4)63(61-27-13-26-50)62-45-43(59-30-42(44(45)49)55-32-53-41-29-52-47(54-46(41)55)51-28-35-14-9-7-10-15-35)31-60-48(36-16-11-8-12-17-36,37-18-22-39(57-5)23-19-37)38-20-24-40(58-6)25-21-38/h7-12,14-25,29,32-34,42-45H,13,27-28,30-31H2,1-6H3,(H,51,52,54)/t42-,43-,44-,45?,63?/m1/s1. The summed E-state index contributed by atoms with van der Waals surface area (Å²) in [5.74, 6) is 1.76. The van der Waals surface area contributed by atoms with Crippen molar-refractivity contribution in [2.45, 2.75) is 82.8 Å². The highest BCUT2D eigenvalue weighted by Crippen LogP contribution is 2.50. The molecule has 15 heteroatoms. The topological polar surface area (TPSA) is 138 Å². The molecule has 0 radical (unpaired) electrons. The molecule has 2 aromatic heterocycles. The Labute approximate surface area is 370 Å². The summed E-state index contributed by atoms with van der Waals surface area (Å²) >= 11 is 0. The minimum atomic E-state index is -1.90. The summed E-state index contributed by atoms with van der Waals surface area (Å²) in [6.07, 6.45) is -0.434. The number of benzene rings is 4. The lowest BCUT2D eigenvalue weighted by Crippen LogP contribution is -2.53. The van der Waals surface area contributed by atoms with Crippen molar-refractivity contribution in [3.05, 3.63) is 144 Å². The van der Waals surface area contributed by atoms with Crippen LogP contribution in [0.3, 0.4) is 0 Å². The molecule has 1 fully saturated rings. The maximum absolute atomic E-state index is 18.0. The molecule has 1 N–H and O–H groups in total. The molecule has 0 aliphatic carbocycles. The van der Waals surface area contributed by atoms with Crippen molar-refractivity contribution in [3.63, 3.8) is 0 Å². The predicted molar refractivity (Wildman–Crippen MR) is 241 cm³/mol. The summed E-state index contributed by atoms with van der Waals surface area (Å²) in [6, 6.07) is 36.5. The van der Waals surface area contributed by atoms with Crippen LogP contribution in [0.4, 0.5) is 10.3 Å². The predicted octanol–water partition coefficient (Wildman–Crippen LogP) is 9.40. The van der Waals surface area contributed by atoms with Crippen molar-refractivity contribution in [2.75, 3.05) is 39.4 Å². The van der Waals surface area contributed by atoms with Gasteiger partial charge < -0.3 is 37.9 Å². The smallest absolute Gasteiger partial charge is 0.259 e. The third kappa shape index (κ3) is 10.3. The molecule has 330 valence electrons. The van der Waals surface area contributed by atoms with Crippen molar-refractivity contribution in [2.24, 2.45) is 0 Å². The van der Waals surface area contributed by atoms with Crippen LogP contribution in [0.1, 0.15) is 62.4 Å². The molecular weight excluding hydrogens is 821 g/mol. The zero-order chi connectivity index (χ0) is 44.3. The highest BCUT2D eigenvalue weighted by molar-refractivity contribution is 7.44. The molecule has 5 atom stereocenters. The normalized spacial score (nSPS) is 18.4. The van der Waals surface area contributed by atoms with Gasteiger partial charge in [0.15, 0.2) is 11.8 Å². The van der Waals surface area contributed by atoms with Gasteiger partial charge in [0, 0.05) is 18.6 Å². The summed E-state index contributed by atoms with van der Waals surface area (Å²) < 4.78 is 60.1. The van der Waals surface area contributed by atoms with Gasteiger partial charge in [-0.15, -0.1) is 0 Å². The van der Waals surface area contributed by atoms with Crippen LogP contribution in [-0.2, 0) is 30.7 Å². The highest BCUT2D eigenvalue weighted by atomic mass is 31.2. The van der Waals surface area contributed by atoms with Gasteiger partial charge in [0.2, 0.25) is 5.95 Å². The van der Waals surface area contributed by atoms with E-state index in [1.807, 2.05) is 137 Å². The van der Waals surface area contributed by atoms with Gasteiger partial charge in [-0.05, 0) is 74.2 Å². The molecule has 6 aromatic rings. The molecule has 1 aliphatic rings. The Morgan fingerprint density at radius 1 is 0.873 bits per heavy atom. The van der Waals surface area contributed by atoms with Gasteiger partial charge in [-0.2, -0.15) is 10.2 Å². The first-order valence-electron chi connectivity index (χ1n) is 21.1. The first kappa shape index (κ1) is 45.5. The number of alkyl halides is 1. The maximum atomic E-state index is 18.0. The lowest BCUT2D eigenvalue weighted by molar-refractivity contribution is -0.162. The molecule has 4 aromatic carbocycles. The van der Waals surface area contributed by atoms with Gasteiger partial charge in [-0.3, -0.25) is 0 Å². The number of ether oxygens (including phenoxy) is 4. The molecule has 0 bridgehead atoms. The summed E-state index contributed by atoms with van der Waals surface area (Å²) in [4.78, 5) is 13.8. The van der Waals surface area contributed by atoms with Crippen LogP contribution in [0.25, 0.3) is 11.2 Å². The fourth-order valence-corrected chi connectivity index (χ4v) is 9.71. The van der Waals surface area contributed by atoms with Gasteiger partial charge in [0.25, 0.3) is 8.53 Å². The van der Waals surface area contributed by atoms with E-state index in [1.165, 1.54) is 0 Å². The molecular formula is C48H55FN7O6P. The summed E-state index contributed by atoms with van der Waals surface area (Å²) in [6.45, 7) is 8.66. The molecule has 0 amide bonds. The Bertz CT molecular complexity index is 2330. The average Bonchev–Trinajstić information content (AvgIpc) is 3.73. The van der Waals surface area contributed by atoms with Gasteiger partial charge in [-0.1, -0.05) is 84.9 Å². The highest BCUT2D eigenvalue weighted by Gasteiger charge is 2.48. The maximum Gasteiger partial charge on any atom is 0.259 e. The van der Waals surface area contributed by atoms with E-state index in [-0.39, 0.29) is 38.3 Å². The van der Waals surface area contributed by atoms with Crippen molar-refractivity contribution < 1.29 is 32.4 Å². The monoisotopic (exact) mass is 875 g/mol. The Kier molecular flexibility index (Phi) is 15.3. The number of methoxy groups -OCH3 is 2. The summed E-state index contributed by atoms with van der Waals surface area (Å²) in [5.41, 5.74) is 3.30. The number of hydrogen-bond donors (Lipinski definition) is 1. The van der Waals surface area contributed by atoms with Crippen molar-refractivity contribution >= 4 is 25.6 Å². The number of nitrogens with zero attached hydrogens (tertiary/aromatic N) is 6. The lowest BCUT2D eigenvalue weighted by atomic mass is 9.80.